The zero-order valence-electron chi connectivity index (χ0n) is 67.7. The Morgan fingerprint density at radius 2 is 1.12 bits per heavy atom. The number of carbonyl (C=O) groups is 8. The lowest BCUT2D eigenvalue weighted by Gasteiger charge is -2.31. The van der Waals surface area contributed by atoms with Crippen molar-refractivity contribution in [3.63, 3.8) is 0 Å². The van der Waals surface area contributed by atoms with Crippen LogP contribution in [0.1, 0.15) is 157 Å². The second kappa shape index (κ2) is 47.2. The number of nitrogens with one attached hydrogen (secondary N) is 5. The number of carbonyl (C=O) groups excluding carboxylic acids is 8. The van der Waals surface area contributed by atoms with Crippen LogP contribution in [0.3, 0.4) is 0 Å². The molecule has 2 fully saturated rings. The van der Waals surface area contributed by atoms with E-state index in [2.05, 4.69) is 26.3 Å². The van der Waals surface area contributed by atoms with E-state index in [1.807, 2.05) is 20.0 Å². The van der Waals surface area contributed by atoms with Gasteiger partial charge in [-0.25, -0.2) is 9.69 Å². The number of anilines is 2. The Bertz CT molecular complexity index is 3810. The number of hydrogen-bond acceptors (Lipinski definition) is 24. The fourth-order valence-corrected chi connectivity index (χ4v) is 14.3. The van der Waals surface area contributed by atoms with Gasteiger partial charge >= 0.3 is 6.09 Å². The first-order valence-corrected chi connectivity index (χ1v) is 40.4. The molecular weight excluding hydrogens is 1490 g/mol. The van der Waals surface area contributed by atoms with E-state index >= 15 is 0 Å². The summed E-state index contributed by atoms with van der Waals surface area (Å²) in [5.41, 5.74) is 3.93. The maximum absolute atomic E-state index is 14.3. The van der Waals surface area contributed by atoms with Gasteiger partial charge < -0.3 is 103 Å². The Morgan fingerprint density at radius 3 is 1.71 bits per heavy atom. The van der Waals surface area contributed by atoms with Crippen LogP contribution in [-0.4, -0.2) is 256 Å². The molecule has 6 aliphatic rings. The van der Waals surface area contributed by atoms with Gasteiger partial charge in [-0.15, -0.1) is 0 Å². The van der Waals surface area contributed by atoms with E-state index < -0.39 is 54.1 Å². The summed E-state index contributed by atoms with van der Waals surface area (Å²) in [6, 6.07) is 9.96. The summed E-state index contributed by atoms with van der Waals surface area (Å²) in [5.74, 6) is -0.492. The summed E-state index contributed by atoms with van der Waals surface area (Å²) in [5, 5.41) is 31.7. The first kappa shape index (κ1) is 89.8. The number of ether oxygens (including phenoxy) is 13. The van der Waals surface area contributed by atoms with Crippen LogP contribution >= 0.6 is 0 Å². The number of unbranched alkanes of at least 4 members (excludes halogenated alkanes) is 2. The van der Waals surface area contributed by atoms with E-state index in [4.69, 9.17) is 67.0 Å². The third-order valence-corrected chi connectivity index (χ3v) is 20.6. The van der Waals surface area contributed by atoms with E-state index in [1.165, 1.54) is 62.3 Å². The molecule has 632 valence electrons. The molecule has 32 nitrogen and oxygen atoms in total. The lowest BCUT2D eigenvalue weighted by Crippen LogP contribution is -2.53. The van der Waals surface area contributed by atoms with Gasteiger partial charge in [0, 0.05) is 74.7 Å². The van der Waals surface area contributed by atoms with Crippen molar-refractivity contribution in [1.82, 2.24) is 30.7 Å². The zero-order valence-corrected chi connectivity index (χ0v) is 67.7. The predicted molar refractivity (Wildman–Crippen MR) is 426 cm³/mol. The molecule has 5 aliphatic heterocycles. The van der Waals surface area contributed by atoms with Gasteiger partial charge in [-0.1, -0.05) is 69.2 Å². The molecule has 1 aliphatic carbocycles. The van der Waals surface area contributed by atoms with Gasteiger partial charge in [0.1, 0.15) is 24.5 Å². The highest BCUT2D eigenvalue weighted by Crippen LogP contribution is 2.43. The van der Waals surface area contributed by atoms with Crippen molar-refractivity contribution in [3.8, 4) is 23.0 Å². The summed E-state index contributed by atoms with van der Waals surface area (Å²) >= 11 is 0. The van der Waals surface area contributed by atoms with Crippen molar-refractivity contribution in [1.29, 1.82) is 5.41 Å². The van der Waals surface area contributed by atoms with Gasteiger partial charge in [0.15, 0.2) is 29.2 Å². The van der Waals surface area contributed by atoms with E-state index in [1.54, 1.807) is 67.6 Å². The van der Waals surface area contributed by atoms with Crippen LogP contribution < -0.4 is 45.1 Å². The number of benzene rings is 3. The molecule has 0 bridgehead atoms. The average molecular weight is 1610 g/mol. The fraction of sp³-hybridized carbons (Fsp3) is 0.614. The number of nitrogens with zero attached hydrogens (tertiary/aromatic N) is 5. The molecule has 0 aromatic heterocycles. The van der Waals surface area contributed by atoms with Crippen LogP contribution in [0.25, 0.3) is 0 Å². The average Bonchev–Trinajstić information content (AvgIpc) is 1.61. The largest absolute Gasteiger partial charge is 0.493 e. The van der Waals surface area contributed by atoms with E-state index in [0.717, 1.165) is 48.2 Å². The standard InChI is InChI=1S/C83H118N10O22/c1-55(2)76(89-74(95)23-28-105-30-32-107-34-36-109-38-40-111-42-43-112-41-39-110-37-35-108-33-31-106-29-24-85-73(94)22-25-90-75(96)48-63(77(90)84)60-16-12-9-8-10-13-17-60)79(98)87-58(5)78(97)88-61-20-18-59(19-21-61)54-115-83(102)93-67-50-72(70(104-7)47-65(67)81(100)92-53-57(4)45-68(92)82(93)101)114-27-15-11-14-26-113-71-49-66-64(46-69(71)103-6)80(99)91-52-56(3)44-62(91)51-86-66/h18-21,46-47,49-53,55,58,60,62-63,68,76,82,84,101H,8-17,22-45,48,54H2,1-7H3,(H,85,94)(H,87,98)(H,88,97)(H,89,95)/t58-,62-,63?,68-,76-,82-/m0/s1. The molecule has 1 unspecified atom stereocenters. The summed E-state index contributed by atoms with van der Waals surface area (Å²) in [6.07, 6.45) is 14.5. The third-order valence-electron chi connectivity index (χ3n) is 20.6. The van der Waals surface area contributed by atoms with Crippen LogP contribution in [0, 0.1) is 23.2 Å². The Balaban J connectivity index is 0.570. The summed E-state index contributed by atoms with van der Waals surface area (Å²) in [4.78, 5) is 117. The molecule has 5 heterocycles. The predicted octanol–water partition coefficient (Wildman–Crippen LogP) is 8.56. The van der Waals surface area contributed by atoms with Crippen LogP contribution in [0.15, 0.2) is 77.1 Å². The number of methoxy groups -OCH3 is 2. The second-order valence-electron chi connectivity index (χ2n) is 29.6. The molecule has 3 aromatic carbocycles. The summed E-state index contributed by atoms with van der Waals surface area (Å²) < 4.78 is 74.0. The maximum Gasteiger partial charge on any atom is 0.416 e. The number of amides is 8. The summed E-state index contributed by atoms with van der Waals surface area (Å²) in [7, 11) is 2.96. The number of rotatable bonds is 49. The number of aliphatic imine (C=N–C) groups is 1. The van der Waals surface area contributed by atoms with Crippen LogP contribution in [-0.2, 0) is 73.2 Å². The number of hydrogen-bond donors (Lipinski definition) is 6. The minimum absolute atomic E-state index is 0.0117. The minimum Gasteiger partial charge on any atom is -0.493 e. The molecule has 8 amide bonds. The number of aliphatic hydroxyl groups is 1. The Labute approximate surface area is 673 Å². The number of likely N-dealkylation sites (tertiary alicyclic amines) is 1. The lowest BCUT2D eigenvalue weighted by molar-refractivity contribution is -0.132. The van der Waals surface area contributed by atoms with Crippen molar-refractivity contribution >= 4 is 76.6 Å². The highest BCUT2D eigenvalue weighted by molar-refractivity contribution is 6.08. The molecule has 1 saturated carbocycles. The van der Waals surface area contributed by atoms with Crippen LogP contribution in [0.4, 0.5) is 21.9 Å². The number of amidine groups is 1. The number of fused-ring (bicyclic) bond motifs is 4. The van der Waals surface area contributed by atoms with Gasteiger partial charge in [-0.2, -0.15) is 0 Å². The topological polar surface area (TPSA) is 374 Å². The normalized spacial score (nSPS) is 18.6. The molecule has 6 atom stereocenters. The number of aliphatic hydroxyl groups excluding tert-OH is 1. The fourth-order valence-electron chi connectivity index (χ4n) is 14.3. The van der Waals surface area contributed by atoms with E-state index in [-0.39, 0.29) is 111 Å². The van der Waals surface area contributed by atoms with E-state index in [0.29, 0.717) is 177 Å². The molecule has 1 saturated heterocycles. The first-order valence-electron chi connectivity index (χ1n) is 40.4. The monoisotopic (exact) mass is 1610 g/mol. The third kappa shape index (κ3) is 27.2. The van der Waals surface area contributed by atoms with Crippen molar-refractivity contribution in [2.45, 2.75) is 168 Å². The lowest BCUT2D eigenvalue weighted by atomic mass is 9.81. The van der Waals surface area contributed by atoms with Crippen molar-refractivity contribution in [3.05, 3.63) is 88.8 Å². The molecule has 32 heteroatoms. The van der Waals surface area contributed by atoms with Crippen molar-refractivity contribution in [2.24, 2.45) is 22.7 Å². The zero-order chi connectivity index (χ0) is 82.0. The highest BCUT2D eigenvalue weighted by atomic mass is 16.6. The van der Waals surface area contributed by atoms with Crippen molar-refractivity contribution < 1.29 is 105 Å². The molecule has 3 aromatic rings. The highest BCUT2D eigenvalue weighted by Gasteiger charge is 2.46. The molecular formula is C83H118N10O22. The Hall–Kier alpha value is -9.12. The maximum atomic E-state index is 14.3. The Morgan fingerprint density at radius 1 is 0.583 bits per heavy atom. The first-order chi connectivity index (χ1) is 55.7. The molecule has 9 rings (SSSR count). The van der Waals surface area contributed by atoms with Gasteiger partial charge in [0.25, 0.3) is 11.8 Å². The van der Waals surface area contributed by atoms with Crippen molar-refractivity contribution in [2.75, 3.05) is 156 Å². The molecule has 0 spiro atoms. The smallest absolute Gasteiger partial charge is 0.416 e. The molecule has 115 heavy (non-hydrogen) atoms. The van der Waals surface area contributed by atoms with Gasteiger partial charge in [0.05, 0.1) is 168 Å². The van der Waals surface area contributed by atoms with Gasteiger partial charge in [-0.3, -0.25) is 44.0 Å². The SMILES string of the molecule is COc1cc2c(cc1OCCCCCOc1cc3c(cc1OC)C(=O)N1C=C(C)C[C@H]1[C@H](O)N3C(=O)OCc1ccc(NC(=O)[C@H](C)NC(=O)[C@@H](NC(=O)CCOCCOCCOCCOCCOCCOCCOCCOCCNC(=O)CCN3C(=N)C(C4CCCCCCC4)CC3=O)C(C)C)cc1)N=C[C@@H]1CC(C)=CN1C2=O. The summed E-state index contributed by atoms with van der Waals surface area (Å²) in [6.45, 7) is 15.4. The Kier molecular flexibility index (Phi) is 36.8. The molecule has 0 radical (unpaired) electrons. The second-order valence-corrected chi connectivity index (χ2v) is 29.6. The van der Waals surface area contributed by atoms with Gasteiger partial charge in [-0.05, 0) is 107 Å². The minimum atomic E-state index is -1.53. The van der Waals surface area contributed by atoms with E-state index in [9.17, 15) is 43.5 Å². The van der Waals surface area contributed by atoms with Gasteiger partial charge in [0.2, 0.25) is 29.5 Å². The molecule has 6 N–H and O–H groups in total. The van der Waals surface area contributed by atoms with Crippen LogP contribution in [0.2, 0.25) is 0 Å². The van der Waals surface area contributed by atoms with Crippen LogP contribution in [0.5, 0.6) is 23.0 Å². The quantitative estimate of drug-likeness (QED) is 0.0288.